The minimum atomic E-state index is -0.208. The van der Waals surface area contributed by atoms with E-state index in [0.29, 0.717) is 11.7 Å². The Morgan fingerprint density at radius 2 is 1.84 bits per heavy atom. The van der Waals surface area contributed by atoms with Gasteiger partial charge in [0.2, 0.25) is 0 Å². The predicted molar refractivity (Wildman–Crippen MR) is 122 cm³/mol. The number of rotatable bonds is 7. The highest BCUT2D eigenvalue weighted by Gasteiger charge is 2.29. The fourth-order valence-corrected chi connectivity index (χ4v) is 5.15. The van der Waals surface area contributed by atoms with Crippen molar-refractivity contribution in [1.29, 1.82) is 0 Å². The van der Waals surface area contributed by atoms with Gasteiger partial charge in [0.25, 0.3) is 0 Å². The number of halogens is 1. The average molecular weight is 427 g/mol. The number of benzene rings is 2. The first-order valence-corrected chi connectivity index (χ1v) is 11.6. The summed E-state index contributed by atoms with van der Waals surface area (Å²) in [5, 5.41) is 3.45. The lowest BCUT2D eigenvalue weighted by molar-refractivity contribution is 0.103. The van der Waals surface area contributed by atoms with Crippen LogP contribution in [0.3, 0.4) is 0 Å². The van der Waals surface area contributed by atoms with E-state index in [0.717, 1.165) is 50.3 Å². The SMILES string of the molecule is CCCC(Oc1ccc2c(c1)CN(C)CC2c1ccc(OC)cc1F)C1CCNCC1. The molecule has 1 N–H and O–H groups in total. The van der Waals surface area contributed by atoms with Crippen LogP contribution in [0.25, 0.3) is 0 Å². The highest BCUT2D eigenvalue weighted by atomic mass is 19.1. The van der Waals surface area contributed by atoms with E-state index in [-0.39, 0.29) is 17.8 Å². The molecule has 5 heteroatoms. The standard InChI is InChI=1S/C26H35FN2O2/c1-4-5-26(18-10-12-28-13-11-18)31-21-7-8-22-19(14-21)16-29(2)17-24(22)23-9-6-20(30-3)15-25(23)27/h6-9,14-15,18,24,26,28H,4-5,10-13,16-17H2,1-3H3. The van der Waals surface area contributed by atoms with E-state index >= 15 is 0 Å². The van der Waals surface area contributed by atoms with Crippen molar-refractivity contribution >= 4 is 0 Å². The van der Waals surface area contributed by atoms with E-state index in [9.17, 15) is 4.39 Å². The molecule has 31 heavy (non-hydrogen) atoms. The number of fused-ring (bicyclic) bond motifs is 1. The number of ether oxygens (including phenoxy) is 2. The van der Waals surface area contributed by atoms with Crippen LogP contribution < -0.4 is 14.8 Å². The molecular formula is C26H35FN2O2. The summed E-state index contributed by atoms with van der Waals surface area (Å²) in [6, 6.07) is 11.6. The van der Waals surface area contributed by atoms with Crippen molar-refractivity contribution in [2.75, 3.05) is 33.8 Å². The second-order valence-electron chi connectivity index (χ2n) is 9.03. The molecule has 4 rings (SSSR count). The van der Waals surface area contributed by atoms with Crippen LogP contribution in [0.15, 0.2) is 36.4 Å². The molecule has 0 spiro atoms. The molecular weight excluding hydrogens is 391 g/mol. The first kappa shape index (κ1) is 22.1. The van der Waals surface area contributed by atoms with Gasteiger partial charge in [-0.3, -0.25) is 0 Å². The van der Waals surface area contributed by atoms with E-state index in [1.54, 1.807) is 7.11 Å². The van der Waals surface area contributed by atoms with Gasteiger partial charge in [-0.25, -0.2) is 4.39 Å². The van der Waals surface area contributed by atoms with Gasteiger partial charge in [0, 0.05) is 25.1 Å². The quantitative estimate of drug-likeness (QED) is 0.679. The normalized spacial score (nSPS) is 20.8. The largest absolute Gasteiger partial charge is 0.497 e. The number of methoxy groups -OCH3 is 1. The van der Waals surface area contributed by atoms with Gasteiger partial charge >= 0.3 is 0 Å². The Hall–Kier alpha value is -2.11. The molecule has 1 saturated heterocycles. The van der Waals surface area contributed by atoms with E-state index in [1.807, 2.05) is 12.1 Å². The summed E-state index contributed by atoms with van der Waals surface area (Å²) in [6.07, 6.45) is 4.83. The summed E-state index contributed by atoms with van der Waals surface area (Å²) in [5.74, 6) is 1.90. The van der Waals surface area contributed by atoms with Crippen LogP contribution in [0.2, 0.25) is 0 Å². The first-order chi connectivity index (χ1) is 15.1. The maximum atomic E-state index is 14.9. The Morgan fingerprint density at radius 3 is 2.55 bits per heavy atom. The van der Waals surface area contributed by atoms with Crippen molar-refractivity contribution in [1.82, 2.24) is 10.2 Å². The fourth-order valence-electron chi connectivity index (χ4n) is 5.15. The molecule has 2 aliphatic heterocycles. The molecule has 0 saturated carbocycles. The number of nitrogens with zero attached hydrogens (tertiary/aromatic N) is 1. The van der Waals surface area contributed by atoms with Crippen molar-refractivity contribution in [3.63, 3.8) is 0 Å². The predicted octanol–water partition coefficient (Wildman–Crippen LogP) is 4.96. The van der Waals surface area contributed by atoms with Gasteiger partial charge in [-0.2, -0.15) is 0 Å². The van der Waals surface area contributed by atoms with Crippen LogP contribution in [0, 0.1) is 11.7 Å². The molecule has 2 heterocycles. The molecule has 1 fully saturated rings. The van der Waals surface area contributed by atoms with Gasteiger partial charge < -0.3 is 19.7 Å². The highest BCUT2D eigenvalue weighted by molar-refractivity contribution is 5.45. The van der Waals surface area contributed by atoms with Crippen molar-refractivity contribution in [3.8, 4) is 11.5 Å². The minimum absolute atomic E-state index is 0.00423. The zero-order valence-electron chi connectivity index (χ0n) is 19.0. The molecule has 4 nitrogen and oxygen atoms in total. The van der Waals surface area contributed by atoms with E-state index in [4.69, 9.17) is 9.47 Å². The van der Waals surface area contributed by atoms with Crippen LogP contribution in [0.5, 0.6) is 11.5 Å². The molecule has 2 aliphatic rings. The number of likely N-dealkylation sites (N-methyl/N-ethyl adjacent to an activating group) is 1. The summed E-state index contributed by atoms with van der Waals surface area (Å²) < 4.78 is 26.6. The lowest BCUT2D eigenvalue weighted by atomic mass is 9.84. The Balaban J connectivity index is 1.59. The van der Waals surface area contributed by atoms with E-state index < -0.39 is 0 Å². The maximum absolute atomic E-state index is 14.9. The van der Waals surface area contributed by atoms with Gasteiger partial charge in [-0.15, -0.1) is 0 Å². The third-order valence-corrected chi connectivity index (χ3v) is 6.78. The van der Waals surface area contributed by atoms with Crippen molar-refractivity contribution in [2.45, 2.75) is 51.2 Å². The molecule has 2 atom stereocenters. The summed E-state index contributed by atoms with van der Waals surface area (Å²) >= 11 is 0. The van der Waals surface area contributed by atoms with Crippen LogP contribution in [-0.2, 0) is 6.54 Å². The molecule has 0 aliphatic carbocycles. The third-order valence-electron chi connectivity index (χ3n) is 6.78. The van der Waals surface area contributed by atoms with Crippen LogP contribution in [-0.4, -0.2) is 44.8 Å². The average Bonchev–Trinajstić information content (AvgIpc) is 2.78. The minimum Gasteiger partial charge on any atom is -0.497 e. The fraction of sp³-hybridized carbons (Fsp3) is 0.538. The number of nitrogens with one attached hydrogen (secondary N) is 1. The van der Waals surface area contributed by atoms with Gasteiger partial charge in [0.15, 0.2) is 0 Å². The Morgan fingerprint density at radius 1 is 1.10 bits per heavy atom. The summed E-state index contributed by atoms with van der Waals surface area (Å²) in [6.45, 7) is 6.04. The monoisotopic (exact) mass is 426 g/mol. The first-order valence-electron chi connectivity index (χ1n) is 11.6. The molecule has 168 valence electrons. The zero-order chi connectivity index (χ0) is 21.8. The molecule has 2 unspecified atom stereocenters. The Labute approximate surface area is 185 Å². The maximum Gasteiger partial charge on any atom is 0.130 e. The Kier molecular flexibility index (Phi) is 7.13. The lowest BCUT2D eigenvalue weighted by Crippen LogP contribution is -2.37. The zero-order valence-corrected chi connectivity index (χ0v) is 19.0. The number of hydrogen-bond acceptors (Lipinski definition) is 4. The van der Waals surface area contributed by atoms with Gasteiger partial charge in [0.1, 0.15) is 23.4 Å². The van der Waals surface area contributed by atoms with Gasteiger partial charge in [-0.1, -0.05) is 25.5 Å². The molecule has 0 radical (unpaired) electrons. The molecule has 0 aromatic heterocycles. The molecule has 0 amide bonds. The molecule has 2 aromatic carbocycles. The Bertz CT molecular complexity index is 882. The van der Waals surface area contributed by atoms with Crippen LogP contribution in [0.1, 0.15) is 55.2 Å². The summed E-state index contributed by atoms with van der Waals surface area (Å²) in [4.78, 5) is 2.26. The number of hydrogen-bond donors (Lipinski definition) is 1. The highest BCUT2D eigenvalue weighted by Crippen LogP contribution is 2.37. The van der Waals surface area contributed by atoms with Crippen LogP contribution in [0.4, 0.5) is 4.39 Å². The smallest absolute Gasteiger partial charge is 0.130 e. The summed E-state index contributed by atoms with van der Waals surface area (Å²) in [7, 11) is 3.66. The topological polar surface area (TPSA) is 33.7 Å². The van der Waals surface area contributed by atoms with E-state index in [1.165, 1.54) is 30.0 Å². The van der Waals surface area contributed by atoms with E-state index in [2.05, 4.69) is 42.4 Å². The van der Waals surface area contributed by atoms with Crippen molar-refractivity contribution in [2.24, 2.45) is 5.92 Å². The van der Waals surface area contributed by atoms with Gasteiger partial charge in [-0.05, 0) is 80.2 Å². The molecule has 0 bridgehead atoms. The third kappa shape index (κ3) is 5.04. The second-order valence-corrected chi connectivity index (χ2v) is 9.03. The van der Waals surface area contributed by atoms with Crippen molar-refractivity contribution < 1.29 is 13.9 Å². The van der Waals surface area contributed by atoms with Crippen molar-refractivity contribution in [3.05, 3.63) is 58.9 Å². The second kappa shape index (κ2) is 10.0. The lowest BCUT2D eigenvalue weighted by Gasteiger charge is -2.34. The number of piperidine rings is 1. The van der Waals surface area contributed by atoms with Gasteiger partial charge in [0.05, 0.1) is 7.11 Å². The van der Waals surface area contributed by atoms with Crippen LogP contribution >= 0.6 is 0 Å². The molecule has 2 aromatic rings. The summed E-state index contributed by atoms with van der Waals surface area (Å²) in [5.41, 5.74) is 3.15.